The predicted molar refractivity (Wildman–Crippen MR) is 98.0 cm³/mol. The van der Waals surface area contributed by atoms with E-state index in [9.17, 15) is 9.59 Å². The van der Waals surface area contributed by atoms with Gasteiger partial charge in [-0.1, -0.05) is 30.3 Å². The van der Waals surface area contributed by atoms with Gasteiger partial charge in [0.1, 0.15) is 12.9 Å². The topological polar surface area (TPSA) is 76.9 Å². The molecule has 1 aromatic carbocycles. The molecule has 1 amide bonds. The highest BCUT2D eigenvalue weighted by molar-refractivity contribution is 7.12. The Morgan fingerprint density at radius 1 is 1.23 bits per heavy atom. The second-order valence-corrected chi connectivity index (χ2v) is 7.23. The Morgan fingerprint density at radius 2 is 2.12 bits per heavy atom. The molecule has 1 aliphatic carbocycles. The number of benzene rings is 1. The first-order chi connectivity index (χ1) is 12.7. The molecule has 1 aliphatic rings. The standard InChI is InChI=1S/C19H18N4O2S/c24-17(21-15-8-3-6-13-5-1-2-7-14(13)15)11-23-12-20-19(22-23)18(25)16-9-4-10-26-16/h1-2,4-5,7,9-10,12,15H,3,6,8,11H2,(H,21,24). The summed E-state index contributed by atoms with van der Waals surface area (Å²) < 4.78 is 1.41. The molecule has 0 bridgehead atoms. The highest BCUT2D eigenvalue weighted by Gasteiger charge is 2.22. The molecule has 4 rings (SSSR count). The molecule has 132 valence electrons. The summed E-state index contributed by atoms with van der Waals surface area (Å²) in [6, 6.07) is 11.8. The number of nitrogens with zero attached hydrogens (tertiary/aromatic N) is 3. The molecule has 0 fully saturated rings. The van der Waals surface area contributed by atoms with Gasteiger partial charge < -0.3 is 5.32 Å². The zero-order chi connectivity index (χ0) is 17.9. The number of fused-ring (bicyclic) bond motifs is 1. The van der Waals surface area contributed by atoms with Crippen molar-refractivity contribution < 1.29 is 9.59 Å². The molecule has 7 heteroatoms. The monoisotopic (exact) mass is 366 g/mol. The van der Waals surface area contributed by atoms with Gasteiger partial charge >= 0.3 is 0 Å². The second-order valence-electron chi connectivity index (χ2n) is 6.28. The molecule has 26 heavy (non-hydrogen) atoms. The molecule has 0 saturated heterocycles. The van der Waals surface area contributed by atoms with Crippen molar-refractivity contribution in [1.82, 2.24) is 20.1 Å². The lowest BCUT2D eigenvalue weighted by molar-refractivity contribution is -0.122. The summed E-state index contributed by atoms with van der Waals surface area (Å²) in [6.45, 7) is 0.0450. The molecular weight excluding hydrogens is 348 g/mol. The number of amides is 1. The summed E-state index contributed by atoms with van der Waals surface area (Å²) in [7, 11) is 0. The summed E-state index contributed by atoms with van der Waals surface area (Å²) in [5.74, 6) is -0.240. The van der Waals surface area contributed by atoms with Crippen LogP contribution in [0.1, 0.15) is 45.5 Å². The van der Waals surface area contributed by atoms with E-state index in [1.54, 1.807) is 6.07 Å². The van der Waals surface area contributed by atoms with Gasteiger partial charge in [-0.15, -0.1) is 16.4 Å². The van der Waals surface area contributed by atoms with Crippen molar-refractivity contribution in [2.45, 2.75) is 31.8 Å². The van der Waals surface area contributed by atoms with Crippen LogP contribution in [0.5, 0.6) is 0 Å². The third kappa shape index (κ3) is 3.43. The minimum atomic E-state index is -0.222. The Bertz CT molecular complexity index is 933. The van der Waals surface area contributed by atoms with Crippen molar-refractivity contribution in [2.24, 2.45) is 0 Å². The summed E-state index contributed by atoms with van der Waals surface area (Å²) in [5, 5.41) is 9.06. The van der Waals surface area contributed by atoms with Crippen LogP contribution in [0.15, 0.2) is 48.1 Å². The van der Waals surface area contributed by atoms with Crippen LogP contribution in [0.2, 0.25) is 0 Å². The van der Waals surface area contributed by atoms with Gasteiger partial charge in [0.05, 0.1) is 10.9 Å². The number of ketones is 1. The van der Waals surface area contributed by atoms with Crippen molar-refractivity contribution in [3.05, 3.63) is 69.9 Å². The third-order valence-electron chi connectivity index (χ3n) is 4.49. The van der Waals surface area contributed by atoms with Crippen LogP contribution >= 0.6 is 11.3 Å². The molecule has 0 saturated carbocycles. The normalized spacial score (nSPS) is 16.1. The fourth-order valence-electron chi connectivity index (χ4n) is 3.28. The minimum absolute atomic E-state index is 0.0307. The summed E-state index contributed by atoms with van der Waals surface area (Å²) in [6.07, 6.45) is 4.47. The van der Waals surface area contributed by atoms with Gasteiger partial charge in [0, 0.05) is 0 Å². The molecule has 0 aliphatic heterocycles. The average molecular weight is 366 g/mol. The fourth-order valence-corrected chi connectivity index (χ4v) is 3.94. The van der Waals surface area contributed by atoms with E-state index < -0.39 is 0 Å². The maximum Gasteiger partial charge on any atom is 0.242 e. The van der Waals surface area contributed by atoms with E-state index in [1.165, 1.54) is 33.5 Å². The molecule has 6 nitrogen and oxygen atoms in total. The van der Waals surface area contributed by atoms with Crippen LogP contribution < -0.4 is 5.32 Å². The molecule has 0 spiro atoms. The Balaban J connectivity index is 1.41. The predicted octanol–water partition coefficient (Wildman–Crippen LogP) is 2.76. The van der Waals surface area contributed by atoms with Crippen molar-refractivity contribution in [1.29, 1.82) is 0 Å². The van der Waals surface area contributed by atoms with Gasteiger partial charge in [-0.2, -0.15) is 0 Å². The summed E-state index contributed by atoms with van der Waals surface area (Å²) in [4.78, 5) is 29.3. The summed E-state index contributed by atoms with van der Waals surface area (Å²) in [5.41, 5.74) is 2.49. The van der Waals surface area contributed by atoms with Gasteiger partial charge in [-0.3, -0.25) is 9.59 Å². The molecule has 1 unspecified atom stereocenters. The van der Waals surface area contributed by atoms with E-state index in [-0.39, 0.29) is 30.1 Å². The van der Waals surface area contributed by atoms with Gasteiger partial charge in [0.15, 0.2) is 0 Å². The van der Waals surface area contributed by atoms with Crippen LogP contribution in [0.3, 0.4) is 0 Å². The second kappa shape index (κ2) is 7.21. The number of aromatic nitrogens is 3. The molecule has 0 radical (unpaired) electrons. The lowest BCUT2D eigenvalue weighted by Gasteiger charge is -2.26. The number of aryl methyl sites for hydroxylation is 1. The van der Waals surface area contributed by atoms with Gasteiger partial charge in [0.2, 0.25) is 17.5 Å². The maximum atomic E-state index is 12.4. The van der Waals surface area contributed by atoms with Crippen LogP contribution in [0.4, 0.5) is 0 Å². The lowest BCUT2D eigenvalue weighted by atomic mass is 9.88. The van der Waals surface area contributed by atoms with Crippen molar-refractivity contribution in [3.8, 4) is 0 Å². The molecule has 2 aromatic heterocycles. The van der Waals surface area contributed by atoms with Crippen LogP contribution in [-0.4, -0.2) is 26.5 Å². The highest BCUT2D eigenvalue weighted by Crippen LogP contribution is 2.29. The molecule has 1 atom stereocenters. The number of hydrogen-bond donors (Lipinski definition) is 1. The lowest BCUT2D eigenvalue weighted by Crippen LogP contribution is -2.33. The number of hydrogen-bond acceptors (Lipinski definition) is 5. The fraction of sp³-hybridized carbons (Fsp3) is 0.263. The smallest absolute Gasteiger partial charge is 0.242 e. The molecule has 1 N–H and O–H groups in total. The maximum absolute atomic E-state index is 12.4. The van der Waals surface area contributed by atoms with Crippen LogP contribution in [0.25, 0.3) is 0 Å². The van der Waals surface area contributed by atoms with Crippen molar-refractivity contribution in [3.63, 3.8) is 0 Å². The number of carbonyl (C=O) groups excluding carboxylic acids is 2. The Morgan fingerprint density at radius 3 is 2.96 bits per heavy atom. The molecular formula is C19H18N4O2S. The first kappa shape index (κ1) is 16.7. The van der Waals surface area contributed by atoms with E-state index in [0.717, 1.165) is 19.3 Å². The first-order valence-electron chi connectivity index (χ1n) is 8.55. The molecule has 3 aromatic rings. The highest BCUT2D eigenvalue weighted by atomic mass is 32.1. The largest absolute Gasteiger partial charge is 0.348 e. The number of rotatable bonds is 5. The van der Waals surface area contributed by atoms with Crippen LogP contribution in [0, 0.1) is 0 Å². The Labute approximate surface area is 154 Å². The third-order valence-corrected chi connectivity index (χ3v) is 5.36. The van der Waals surface area contributed by atoms with E-state index in [4.69, 9.17) is 0 Å². The Kier molecular flexibility index (Phi) is 4.62. The van der Waals surface area contributed by atoms with Gasteiger partial charge in [-0.05, 0) is 41.8 Å². The quantitative estimate of drug-likeness (QED) is 0.705. The van der Waals surface area contributed by atoms with Gasteiger partial charge in [0.25, 0.3) is 0 Å². The SMILES string of the molecule is O=C(Cn1cnc(C(=O)c2cccs2)n1)NC1CCCc2ccccc21. The number of carbonyl (C=O) groups is 2. The number of thiophene rings is 1. The van der Waals surface area contributed by atoms with E-state index in [0.29, 0.717) is 4.88 Å². The average Bonchev–Trinajstić information content (AvgIpc) is 3.33. The van der Waals surface area contributed by atoms with E-state index >= 15 is 0 Å². The zero-order valence-corrected chi connectivity index (χ0v) is 14.9. The number of nitrogens with one attached hydrogen (secondary N) is 1. The van der Waals surface area contributed by atoms with Crippen molar-refractivity contribution in [2.75, 3.05) is 0 Å². The van der Waals surface area contributed by atoms with E-state index in [2.05, 4.69) is 27.5 Å². The summed E-state index contributed by atoms with van der Waals surface area (Å²) >= 11 is 1.35. The van der Waals surface area contributed by atoms with Crippen molar-refractivity contribution >= 4 is 23.0 Å². The zero-order valence-electron chi connectivity index (χ0n) is 14.1. The minimum Gasteiger partial charge on any atom is -0.348 e. The Hall–Kier alpha value is -2.80. The first-order valence-corrected chi connectivity index (χ1v) is 9.43. The van der Waals surface area contributed by atoms with Crippen LogP contribution in [-0.2, 0) is 17.8 Å². The molecule has 2 heterocycles. The van der Waals surface area contributed by atoms with Gasteiger partial charge in [-0.25, -0.2) is 9.67 Å². The van der Waals surface area contributed by atoms with E-state index in [1.807, 2.05) is 23.6 Å².